The number of unbranched alkanes of at least 4 members (excludes halogenated alkanes) is 22. The van der Waals surface area contributed by atoms with Gasteiger partial charge in [0.25, 0.3) is 0 Å². The molecule has 0 aromatic heterocycles. The van der Waals surface area contributed by atoms with Crippen molar-refractivity contribution in [2.75, 3.05) is 33.3 Å². The van der Waals surface area contributed by atoms with Gasteiger partial charge in [0.05, 0.1) is 20.1 Å². The summed E-state index contributed by atoms with van der Waals surface area (Å²) in [7, 11) is 2.18. The van der Waals surface area contributed by atoms with Crippen molar-refractivity contribution in [3.05, 3.63) is 24.3 Å². The first-order chi connectivity index (χ1) is 23.9. The van der Waals surface area contributed by atoms with Gasteiger partial charge >= 0.3 is 11.9 Å². The Balaban J connectivity index is 4.09. The number of allylic oxidation sites excluding steroid dienone is 4. The van der Waals surface area contributed by atoms with Crippen LogP contribution in [0, 0.1) is 0 Å². The Hall–Kier alpha value is -1.62. The molecule has 0 aliphatic carbocycles. The van der Waals surface area contributed by atoms with E-state index in [1.807, 2.05) is 0 Å². The third kappa shape index (κ3) is 33.3. The molecule has 49 heavy (non-hydrogen) atoms. The average Bonchev–Trinajstić information content (AvgIpc) is 3.10. The zero-order valence-corrected chi connectivity index (χ0v) is 33.6. The molecule has 5 heteroatoms. The van der Waals surface area contributed by atoms with Crippen LogP contribution >= 0.6 is 0 Å². The highest BCUT2D eigenvalue weighted by atomic mass is 16.6. The Morgan fingerprint density at radius 3 is 1.22 bits per heavy atom. The molecule has 0 aliphatic rings. The highest BCUT2D eigenvalue weighted by molar-refractivity contribution is 5.70. The largest absolute Gasteiger partial charge is 0.461 e. The van der Waals surface area contributed by atoms with Crippen molar-refractivity contribution in [3.8, 4) is 0 Å². The summed E-state index contributed by atoms with van der Waals surface area (Å²) in [5, 5.41) is 0. The summed E-state index contributed by atoms with van der Waals surface area (Å²) in [6.45, 7) is 11.6. The van der Waals surface area contributed by atoms with Crippen LogP contribution < -0.4 is 0 Å². The van der Waals surface area contributed by atoms with Gasteiger partial charge in [-0.25, -0.2) is 0 Å². The quantitative estimate of drug-likeness (QED) is 0.0282. The number of hydrogen-bond donors (Lipinski definition) is 0. The summed E-state index contributed by atoms with van der Waals surface area (Å²) >= 11 is 0. The first-order valence-corrected chi connectivity index (χ1v) is 21.4. The number of carbonyl (C=O) groups excluding carboxylic acids is 2. The predicted octanol–water partition coefficient (Wildman–Crippen LogP) is 13.0. The summed E-state index contributed by atoms with van der Waals surface area (Å²) in [5.74, 6) is -0.326. The summed E-state index contributed by atoms with van der Waals surface area (Å²) < 4.78 is 12.3. The molecule has 0 spiro atoms. The second kappa shape index (κ2) is 36.2. The minimum Gasteiger partial charge on any atom is -0.461 e. The van der Waals surface area contributed by atoms with Gasteiger partial charge in [0.1, 0.15) is 13.2 Å². The maximum atomic E-state index is 12.7. The lowest BCUT2D eigenvalue weighted by atomic mass is 10.1. The van der Waals surface area contributed by atoms with E-state index in [-0.39, 0.29) is 18.5 Å². The van der Waals surface area contributed by atoms with Gasteiger partial charge in [-0.3, -0.25) is 9.59 Å². The van der Waals surface area contributed by atoms with Crippen LogP contribution in [0.3, 0.4) is 0 Å². The number of quaternary nitrogens is 1. The monoisotopic (exact) mass is 691 g/mol. The van der Waals surface area contributed by atoms with Gasteiger partial charge in [-0.05, 0) is 78.1 Å². The molecule has 5 nitrogen and oxygen atoms in total. The van der Waals surface area contributed by atoms with Crippen molar-refractivity contribution in [2.24, 2.45) is 0 Å². The number of rotatable bonds is 37. The van der Waals surface area contributed by atoms with Gasteiger partial charge in [0.15, 0.2) is 6.10 Å². The van der Waals surface area contributed by atoms with Crippen molar-refractivity contribution in [1.29, 1.82) is 0 Å². The van der Waals surface area contributed by atoms with Crippen LogP contribution in [0.2, 0.25) is 0 Å². The summed E-state index contributed by atoms with van der Waals surface area (Å²) in [6, 6.07) is 0. The highest BCUT2D eigenvalue weighted by Gasteiger charge is 2.27. The Morgan fingerprint density at radius 2 is 0.837 bits per heavy atom. The van der Waals surface area contributed by atoms with Crippen molar-refractivity contribution in [2.45, 2.75) is 214 Å². The highest BCUT2D eigenvalue weighted by Crippen LogP contribution is 2.14. The van der Waals surface area contributed by atoms with E-state index < -0.39 is 6.10 Å². The van der Waals surface area contributed by atoms with Crippen LogP contribution in [-0.4, -0.2) is 55.8 Å². The maximum Gasteiger partial charge on any atom is 0.306 e. The molecule has 0 fully saturated rings. The zero-order chi connectivity index (χ0) is 36.1. The SMILES string of the molecule is CCCCCCCC/C=C/CCCCCCCC(=O)OCC(C[N+](C)(CC)CC)OC(=O)CCCCCCC/C=C/CCCCCCCC. The van der Waals surface area contributed by atoms with Crippen LogP contribution in [-0.2, 0) is 19.1 Å². The second-order valence-electron chi connectivity index (χ2n) is 14.9. The third-order valence-corrected chi connectivity index (χ3v) is 10.2. The molecule has 0 aromatic carbocycles. The van der Waals surface area contributed by atoms with Crippen molar-refractivity contribution >= 4 is 11.9 Å². The van der Waals surface area contributed by atoms with Crippen molar-refractivity contribution in [3.63, 3.8) is 0 Å². The molecular weight excluding hydrogens is 606 g/mol. The fourth-order valence-corrected chi connectivity index (χ4v) is 6.28. The molecule has 0 bridgehead atoms. The standard InChI is InChI=1S/C44H84NO4/c1-6-10-12-14-16-18-20-22-24-26-28-30-32-34-36-38-43(46)48-41-42(40-45(5,8-3)9-4)49-44(47)39-37-35-33-31-29-27-25-23-21-19-17-15-13-11-7-2/h22-25,42H,6-21,26-41H2,1-5H3/q+1/b24-22+,25-23+. The molecule has 288 valence electrons. The number of hydrogen-bond acceptors (Lipinski definition) is 4. The first kappa shape index (κ1) is 47.4. The van der Waals surface area contributed by atoms with Gasteiger partial charge in [0, 0.05) is 12.8 Å². The molecule has 0 radical (unpaired) electrons. The topological polar surface area (TPSA) is 52.6 Å². The van der Waals surface area contributed by atoms with E-state index in [4.69, 9.17) is 9.47 Å². The van der Waals surface area contributed by atoms with E-state index in [0.29, 0.717) is 19.4 Å². The molecule has 0 amide bonds. The van der Waals surface area contributed by atoms with Crippen LogP contribution in [0.1, 0.15) is 207 Å². The number of ether oxygens (including phenoxy) is 2. The van der Waals surface area contributed by atoms with E-state index in [9.17, 15) is 9.59 Å². The molecule has 0 saturated carbocycles. The van der Waals surface area contributed by atoms with Crippen LogP contribution in [0.5, 0.6) is 0 Å². The molecular formula is C44H84NO4+. The maximum absolute atomic E-state index is 12.7. The first-order valence-electron chi connectivity index (χ1n) is 21.4. The Morgan fingerprint density at radius 1 is 0.490 bits per heavy atom. The van der Waals surface area contributed by atoms with E-state index in [1.54, 1.807) is 0 Å². The Bertz CT molecular complexity index is 788. The van der Waals surface area contributed by atoms with E-state index in [0.717, 1.165) is 56.1 Å². The lowest BCUT2D eigenvalue weighted by Gasteiger charge is -2.35. The van der Waals surface area contributed by atoms with E-state index in [1.165, 1.54) is 128 Å². The molecule has 0 heterocycles. The molecule has 1 atom stereocenters. The summed E-state index contributed by atoms with van der Waals surface area (Å²) in [4.78, 5) is 25.3. The normalized spacial score (nSPS) is 12.7. The summed E-state index contributed by atoms with van der Waals surface area (Å²) in [6.07, 6.45) is 42.1. The van der Waals surface area contributed by atoms with E-state index in [2.05, 4.69) is 59.0 Å². The van der Waals surface area contributed by atoms with Crippen LogP contribution in [0.4, 0.5) is 0 Å². The number of carbonyl (C=O) groups is 2. The molecule has 0 saturated heterocycles. The molecule has 0 N–H and O–H groups in total. The minimum absolute atomic E-state index is 0.158. The molecule has 1 unspecified atom stereocenters. The number of nitrogens with zero attached hydrogens (tertiary/aromatic N) is 1. The number of likely N-dealkylation sites (N-methyl/N-ethyl adjacent to an activating group) is 1. The lowest BCUT2D eigenvalue weighted by molar-refractivity contribution is -0.908. The van der Waals surface area contributed by atoms with Crippen LogP contribution in [0.15, 0.2) is 24.3 Å². The minimum atomic E-state index is -0.390. The Kier molecular flexibility index (Phi) is 35.0. The molecule has 0 aliphatic heterocycles. The number of esters is 2. The lowest BCUT2D eigenvalue weighted by Crippen LogP contribution is -2.50. The van der Waals surface area contributed by atoms with Gasteiger partial charge in [-0.1, -0.05) is 141 Å². The van der Waals surface area contributed by atoms with Gasteiger partial charge < -0.3 is 14.0 Å². The fraction of sp³-hybridized carbons (Fsp3) is 0.864. The van der Waals surface area contributed by atoms with Gasteiger partial charge in [-0.15, -0.1) is 0 Å². The predicted molar refractivity (Wildman–Crippen MR) is 212 cm³/mol. The van der Waals surface area contributed by atoms with E-state index >= 15 is 0 Å². The third-order valence-electron chi connectivity index (χ3n) is 10.2. The zero-order valence-electron chi connectivity index (χ0n) is 33.6. The summed E-state index contributed by atoms with van der Waals surface area (Å²) in [5.41, 5.74) is 0. The fourth-order valence-electron chi connectivity index (χ4n) is 6.28. The van der Waals surface area contributed by atoms with Crippen molar-refractivity contribution in [1.82, 2.24) is 0 Å². The van der Waals surface area contributed by atoms with Crippen molar-refractivity contribution < 1.29 is 23.5 Å². The Labute approximate surface area is 306 Å². The smallest absolute Gasteiger partial charge is 0.306 e. The molecule has 0 rings (SSSR count). The van der Waals surface area contributed by atoms with Gasteiger partial charge in [-0.2, -0.15) is 0 Å². The van der Waals surface area contributed by atoms with Crippen LogP contribution in [0.25, 0.3) is 0 Å². The average molecular weight is 691 g/mol. The molecule has 0 aromatic rings. The van der Waals surface area contributed by atoms with Gasteiger partial charge in [0.2, 0.25) is 0 Å². The second-order valence-corrected chi connectivity index (χ2v) is 14.9.